The molecule has 0 saturated carbocycles. The molecule has 0 spiro atoms. The van der Waals surface area contributed by atoms with E-state index >= 15 is 0 Å². The van der Waals surface area contributed by atoms with Gasteiger partial charge in [-0.2, -0.15) is 0 Å². The van der Waals surface area contributed by atoms with Crippen molar-refractivity contribution >= 4 is 34.8 Å². The van der Waals surface area contributed by atoms with Crippen molar-refractivity contribution in [1.29, 1.82) is 0 Å². The maximum Gasteiger partial charge on any atom is 0.225 e. The quantitative estimate of drug-likeness (QED) is 0.849. The van der Waals surface area contributed by atoms with Crippen molar-refractivity contribution in [3.8, 4) is 0 Å². The molecule has 0 aliphatic heterocycles. The number of rotatable bonds is 6. The molecule has 2 N–H and O–H groups in total. The number of anilines is 1. The van der Waals surface area contributed by atoms with Crippen molar-refractivity contribution in [3.63, 3.8) is 0 Å². The zero-order valence-electron chi connectivity index (χ0n) is 11.0. The van der Waals surface area contributed by atoms with Crippen LogP contribution in [0.1, 0.15) is 13.3 Å². The topological polar surface area (TPSA) is 52.6 Å². The lowest BCUT2D eigenvalue weighted by molar-refractivity contribution is -0.116. The second-order valence-electron chi connectivity index (χ2n) is 4.43. The molecule has 0 aliphatic rings. The van der Waals surface area contributed by atoms with E-state index in [1.165, 1.54) is 0 Å². The van der Waals surface area contributed by atoms with Gasteiger partial charge in [0.25, 0.3) is 0 Å². The molecule has 1 unspecified atom stereocenters. The van der Waals surface area contributed by atoms with Crippen molar-refractivity contribution in [3.05, 3.63) is 28.2 Å². The third kappa shape index (κ3) is 5.37. The molecule has 0 heterocycles. The highest BCUT2D eigenvalue weighted by atomic mass is 35.5. The van der Waals surface area contributed by atoms with Crippen LogP contribution in [-0.2, 0) is 4.79 Å². The van der Waals surface area contributed by atoms with E-state index < -0.39 is 0 Å². The van der Waals surface area contributed by atoms with Gasteiger partial charge in [0, 0.05) is 24.0 Å². The minimum Gasteiger partial charge on any atom is -0.395 e. The van der Waals surface area contributed by atoms with Gasteiger partial charge in [0.05, 0.1) is 17.3 Å². The van der Waals surface area contributed by atoms with Gasteiger partial charge in [0.15, 0.2) is 0 Å². The van der Waals surface area contributed by atoms with Crippen LogP contribution < -0.4 is 5.32 Å². The Balaban J connectivity index is 2.49. The monoisotopic (exact) mass is 304 g/mol. The van der Waals surface area contributed by atoms with Crippen LogP contribution in [0.2, 0.25) is 10.0 Å². The van der Waals surface area contributed by atoms with Crippen LogP contribution in [0.4, 0.5) is 5.69 Å². The summed E-state index contributed by atoms with van der Waals surface area (Å²) in [6.07, 6.45) is 0.323. The largest absolute Gasteiger partial charge is 0.395 e. The maximum absolute atomic E-state index is 11.8. The minimum absolute atomic E-state index is 0.0301. The molecular weight excluding hydrogens is 287 g/mol. The number of aliphatic hydroxyl groups excluding tert-OH is 1. The zero-order chi connectivity index (χ0) is 14.4. The summed E-state index contributed by atoms with van der Waals surface area (Å²) >= 11 is 11.8. The number of benzene rings is 1. The number of hydrogen-bond donors (Lipinski definition) is 2. The molecule has 0 aliphatic carbocycles. The van der Waals surface area contributed by atoms with E-state index in [-0.39, 0.29) is 18.6 Å². The van der Waals surface area contributed by atoms with E-state index in [1.807, 2.05) is 18.9 Å². The Morgan fingerprint density at radius 3 is 2.79 bits per heavy atom. The average molecular weight is 305 g/mol. The van der Waals surface area contributed by atoms with Crippen LogP contribution in [0.5, 0.6) is 0 Å². The number of amides is 1. The predicted octanol–water partition coefficient (Wildman–Crippen LogP) is 2.63. The number of likely N-dealkylation sites (N-methyl/N-ethyl adjacent to an activating group) is 1. The Morgan fingerprint density at radius 1 is 1.47 bits per heavy atom. The lowest BCUT2D eigenvalue weighted by Gasteiger charge is -2.22. The Morgan fingerprint density at radius 2 is 2.16 bits per heavy atom. The molecule has 0 saturated heterocycles. The third-order valence-electron chi connectivity index (χ3n) is 2.91. The predicted molar refractivity (Wildman–Crippen MR) is 78.9 cm³/mol. The summed E-state index contributed by atoms with van der Waals surface area (Å²) < 4.78 is 0. The highest BCUT2D eigenvalue weighted by molar-refractivity contribution is 6.35. The Kier molecular flexibility index (Phi) is 6.58. The van der Waals surface area contributed by atoms with Crippen molar-refractivity contribution < 1.29 is 9.90 Å². The van der Waals surface area contributed by atoms with E-state index in [4.69, 9.17) is 28.3 Å². The standard InChI is InChI=1S/C13H18Cl2N2O2/c1-9(8-18)17(2)6-5-13(19)16-12-7-10(14)3-4-11(12)15/h3-4,7,9,18H,5-6,8H2,1-2H3,(H,16,19). The SMILES string of the molecule is CC(CO)N(C)CCC(=O)Nc1cc(Cl)ccc1Cl. The minimum atomic E-state index is -0.138. The van der Waals surface area contributed by atoms with Gasteiger partial charge in [0.1, 0.15) is 0 Å². The summed E-state index contributed by atoms with van der Waals surface area (Å²) in [7, 11) is 1.86. The molecular formula is C13H18Cl2N2O2. The number of hydrogen-bond acceptors (Lipinski definition) is 3. The van der Waals surface area contributed by atoms with Gasteiger partial charge in [0.2, 0.25) is 5.91 Å². The zero-order valence-corrected chi connectivity index (χ0v) is 12.5. The molecule has 1 rings (SSSR count). The first-order valence-electron chi connectivity index (χ1n) is 6.00. The molecule has 0 bridgehead atoms. The van der Waals surface area contributed by atoms with Gasteiger partial charge in [-0.3, -0.25) is 4.79 Å². The second kappa shape index (κ2) is 7.70. The molecule has 1 atom stereocenters. The Hall–Kier alpha value is -0.810. The van der Waals surface area contributed by atoms with Gasteiger partial charge in [-0.15, -0.1) is 0 Å². The third-order valence-corrected chi connectivity index (χ3v) is 3.48. The molecule has 0 fully saturated rings. The highest BCUT2D eigenvalue weighted by Gasteiger charge is 2.11. The van der Waals surface area contributed by atoms with Crippen LogP contribution in [-0.4, -0.2) is 42.2 Å². The highest BCUT2D eigenvalue weighted by Crippen LogP contribution is 2.25. The van der Waals surface area contributed by atoms with Crippen LogP contribution in [0.15, 0.2) is 18.2 Å². The number of carbonyl (C=O) groups excluding carboxylic acids is 1. The number of nitrogens with one attached hydrogen (secondary N) is 1. The van der Waals surface area contributed by atoms with E-state index in [0.29, 0.717) is 28.7 Å². The van der Waals surface area contributed by atoms with Crippen LogP contribution >= 0.6 is 23.2 Å². The molecule has 0 aromatic heterocycles. The van der Waals surface area contributed by atoms with E-state index in [9.17, 15) is 4.79 Å². The van der Waals surface area contributed by atoms with Crippen molar-refractivity contribution in [2.75, 3.05) is 25.5 Å². The molecule has 1 amide bonds. The lowest BCUT2D eigenvalue weighted by atomic mass is 10.2. The van der Waals surface area contributed by atoms with E-state index in [0.717, 1.165) is 0 Å². The molecule has 1 aromatic carbocycles. The van der Waals surface area contributed by atoms with Crippen LogP contribution in [0.3, 0.4) is 0 Å². The summed E-state index contributed by atoms with van der Waals surface area (Å²) in [5.41, 5.74) is 0.511. The van der Waals surface area contributed by atoms with Crippen molar-refractivity contribution in [2.24, 2.45) is 0 Å². The van der Waals surface area contributed by atoms with Crippen molar-refractivity contribution in [2.45, 2.75) is 19.4 Å². The average Bonchev–Trinajstić information content (AvgIpc) is 2.39. The van der Waals surface area contributed by atoms with E-state index in [1.54, 1.807) is 18.2 Å². The number of carbonyl (C=O) groups is 1. The molecule has 4 nitrogen and oxygen atoms in total. The summed E-state index contributed by atoms with van der Waals surface area (Å²) in [5, 5.41) is 12.7. The molecule has 19 heavy (non-hydrogen) atoms. The van der Waals surface area contributed by atoms with Gasteiger partial charge in [-0.1, -0.05) is 23.2 Å². The molecule has 0 radical (unpaired) electrons. The first kappa shape index (κ1) is 16.2. The fourth-order valence-electron chi connectivity index (χ4n) is 1.44. The van der Waals surface area contributed by atoms with Crippen LogP contribution in [0, 0.1) is 0 Å². The van der Waals surface area contributed by atoms with E-state index in [2.05, 4.69) is 5.32 Å². The molecule has 6 heteroatoms. The second-order valence-corrected chi connectivity index (χ2v) is 5.28. The first-order valence-corrected chi connectivity index (χ1v) is 6.75. The van der Waals surface area contributed by atoms with Gasteiger partial charge < -0.3 is 15.3 Å². The van der Waals surface area contributed by atoms with Crippen molar-refractivity contribution in [1.82, 2.24) is 4.90 Å². The first-order chi connectivity index (χ1) is 8.93. The fourth-order valence-corrected chi connectivity index (χ4v) is 1.78. The summed E-state index contributed by atoms with van der Waals surface area (Å²) in [4.78, 5) is 13.7. The smallest absolute Gasteiger partial charge is 0.225 e. The number of halogens is 2. The molecule has 1 aromatic rings. The van der Waals surface area contributed by atoms with Gasteiger partial charge in [-0.25, -0.2) is 0 Å². The Labute approximate surface area is 123 Å². The summed E-state index contributed by atoms with van der Waals surface area (Å²) in [6, 6.07) is 4.94. The van der Waals surface area contributed by atoms with Gasteiger partial charge >= 0.3 is 0 Å². The lowest BCUT2D eigenvalue weighted by Crippen LogP contribution is -2.34. The molecule has 106 valence electrons. The van der Waals surface area contributed by atoms with Gasteiger partial charge in [-0.05, 0) is 32.2 Å². The summed E-state index contributed by atoms with van der Waals surface area (Å²) in [6.45, 7) is 2.52. The normalized spacial score (nSPS) is 12.5. The Bertz CT molecular complexity index is 441. The summed E-state index contributed by atoms with van der Waals surface area (Å²) in [5.74, 6) is -0.138. The number of aliphatic hydroxyl groups is 1. The maximum atomic E-state index is 11.8. The number of nitrogens with zero attached hydrogens (tertiary/aromatic N) is 1. The van der Waals surface area contributed by atoms with Crippen LogP contribution in [0.25, 0.3) is 0 Å². The fraction of sp³-hybridized carbons (Fsp3) is 0.462.